The van der Waals surface area contributed by atoms with Crippen molar-refractivity contribution in [2.75, 3.05) is 18.4 Å². The topological polar surface area (TPSA) is 41.0 Å². The monoisotopic (exact) mass is 296 g/mol. The van der Waals surface area contributed by atoms with Gasteiger partial charge in [0.05, 0.1) is 0 Å². The third-order valence-corrected chi connectivity index (χ3v) is 4.23. The first-order valence-electron chi connectivity index (χ1n) is 8.02. The van der Waals surface area contributed by atoms with E-state index in [-0.39, 0.29) is 0 Å². The van der Waals surface area contributed by atoms with E-state index in [0.717, 1.165) is 44.0 Å². The van der Waals surface area contributed by atoms with E-state index in [1.807, 2.05) is 13.0 Å². The van der Waals surface area contributed by atoms with Crippen LogP contribution in [-0.4, -0.2) is 34.0 Å². The molecule has 1 aliphatic heterocycles. The van der Waals surface area contributed by atoms with Crippen LogP contribution < -0.4 is 5.32 Å². The second kappa shape index (κ2) is 6.88. The number of hydrogen-bond acceptors (Lipinski definition) is 4. The second-order valence-electron chi connectivity index (χ2n) is 6.23. The zero-order valence-electron chi connectivity index (χ0n) is 13.4. The minimum atomic E-state index is 0.517. The summed E-state index contributed by atoms with van der Waals surface area (Å²) < 4.78 is 0. The maximum atomic E-state index is 4.29. The number of nitrogens with zero attached hydrogens (tertiary/aromatic N) is 3. The number of piperidine rings is 1. The van der Waals surface area contributed by atoms with Gasteiger partial charge in [0, 0.05) is 37.4 Å². The minimum absolute atomic E-state index is 0.517. The van der Waals surface area contributed by atoms with Crippen LogP contribution in [0.1, 0.15) is 29.7 Å². The molecule has 3 rings (SSSR count). The zero-order valence-corrected chi connectivity index (χ0v) is 13.4. The van der Waals surface area contributed by atoms with E-state index in [1.165, 1.54) is 11.1 Å². The smallest absolute Gasteiger partial charge is 0.129 e. The summed E-state index contributed by atoms with van der Waals surface area (Å²) in [6.45, 7) is 7.48. The molecule has 0 aliphatic carbocycles. The lowest BCUT2D eigenvalue weighted by Crippen LogP contribution is -2.38. The van der Waals surface area contributed by atoms with E-state index < -0.39 is 0 Å². The van der Waals surface area contributed by atoms with E-state index in [2.05, 4.69) is 51.4 Å². The van der Waals surface area contributed by atoms with Gasteiger partial charge in [-0.1, -0.05) is 29.8 Å². The molecular weight excluding hydrogens is 272 g/mol. The fraction of sp³-hybridized carbons (Fsp3) is 0.444. The van der Waals surface area contributed by atoms with Crippen molar-refractivity contribution in [3.63, 3.8) is 0 Å². The molecule has 22 heavy (non-hydrogen) atoms. The zero-order chi connectivity index (χ0) is 15.4. The molecule has 0 saturated carbocycles. The Kier molecular flexibility index (Phi) is 4.68. The molecule has 1 saturated heterocycles. The highest BCUT2D eigenvalue weighted by molar-refractivity contribution is 5.35. The summed E-state index contributed by atoms with van der Waals surface area (Å²) in [5, 5.41) is 3.54. The highest BCUT2D eigenvalue weighted by atomic mass is 15.1. The van der Waals surface area contributed by atoms with Gasteiger partial charge < -0.3 is 5.32 Å². The number of benzene rings is 1. The number of aryl methyl sites for hydroxylation is 2. The van der Waals surface area contributed by atoms with Crippen molar-refractivity contribution in [3.05, 3.63) is 53.5 Å². The first-order valence-corrected chi connectivity index (χ1v) is 8.02. The van der Waals surface area contributed by atoms with Gasteiger partial charge in [-0.2, -0.15) is 0 Å². The molecule has 1 aromatic heterocycles. The maximum Gasteiger partial charge on any atom is 0.129 e. The fourth-order valence-electron chi connectivity index (χ4n) is 3.05. The molecule has 4 nitrogen and oxygen atoms in total. The number of hydrogen-bond donors (Lipinski definition) is 1. The number of likely N-dealkylation sites (tertiary alicyclic amines) is 1. The van der Waals surface area contributed by atoms with Gasteiger partial charge in [0.1, 0.15) is 12.1 Å². The van der Waals surface area contributed by atoms with Crippen molar-refractivity contribution in [3.8, 4) is 0 Å². The Balaban J connectivity index is 1.50. The summed E-state index contributed by atoms with van der Waals surface area (Å²) in [7, 11) is 0. The molecule has 1 N–H and O–H groups in total. The van der Waals surface area contributed by atoms with Gasteiger partial charge >= 0.3 is 0 Å². The molecule has 0 unspecified atom stereocenters. The molecule has 0 spiro atoms. The van der Waals surface area contributed by atoms with Crippen molar-refractivity contribution in [1.29, 1.82) is 0 Å². The molecule has 0 atom stereocenters. The van der Waals surface area contributed by atoms with Crippen LogP contribution in [0.4, 0.5) is 5.82 Å². The normalized spacial score (nSPS) is 16.6. The standard InChI is InChI=1S/C18H24N4/c1-14-4-3-5-16(10-14)12-22-8-6-17(7-9-22)21-18-11-15(2)19-13-20-18/h3-5,10-11,13,17H,6-9,12H2,1-2H3,(H,19,20,21). The van der Waals surface area contributed by atoms with E-state index in [4.69, 9.17) is 0 Å². The maximum absolute atomic E-state index is 4.29. The summed E-state index contributed by atoms with van der Waals surface area (Å²) >= 11 is 0. The van der Waals surface area contributed by atoms with E-state index in [1.54, 1.807) is 6.33 Å². The SMILES string of the molecule is Cc1cccc(CN2CCC(Nc3cc(C)ncn3)CC2)c1. The molecule has 1 aromatic carbocycles. The highest BCUT2D eigenvalue weighted by Gasteiger charge is 2.19. The lowest BCUT2D eigenvalue weighted by Gasteiger charge is -2.32. The number of rotatable bonds is 4. The molecule has 4 heteroatoms. The Morgan fingerprint density at radius 2 is 1.95 bits per heavy atom. The molecule has 116 valence electrons. The first kappa shape index (κ1) is 15.0. The molecule has 0 bridgehead atoms. The lowest BCUT2D eigenvalue weighted by atomic mass is 10.0. The van der Waals surface area contributed by atoms with Gasteiger partial charge in [-0.25, -0.2) is 9.97 Å². The van der Waals surface area contributed by atoms with Crippen LogP contribution in [-0.2, 0) is 6.54 Å². The average Bonchev–Trinajstić information content (AvgIpc) is 2.49. The second-order valence-corrected chi connectivity index (χ2v) is 6.23. The van der Waals surface area contributed by atoms with Crippen LogP contribution in [0.15, 0.2) is 36.7 Å². The molecule has 0 radical (unpaired) electrons. The van der Waals surface area contributed by atoms with Crippen LogP contribution in [0.5, 0.6) is 0 Å². The van der Waals surface area contributed by atoms with E-state index in [9.17, 15) is 0 Å². The number of nitrogens with one attached hydrogen (secondary N) is 1. The third-order valence-electron chi connectivity index (χ3n) is 4.23. The summed E-state index contributed by atoms with van der Waals surface area (Å²) in [5.74, 6) is 0.949. The molecule has 0 amide bonds. The van der Waals surface area contributed by atoms with Gasteiger partial charge in [0.15, 0.2) is 0 Å². The Bertz CT molecular complexity index is 562. The summed E-state index contributed by atoms with van der Waals surface area (Å²) in [5.41, 5.74) is 3.76. The summed E-state index contributed by atoms with van der Waals surface area (Å²) in [6.07, 6.45) is 3.95. The van der Waals surface area contributed by atoms with Gasteiger partial charge in [-0.3, -0.25) is 4.90 Å². The van der Waals surface area contributed by atoms with Crippen molar-refractivity contribution >= 4 is 5.82 Å². The van der Waals surface area contributed by atoms with E-state index >= 15 is 0 Å². The predicted molar refractivity (Wildman–Crippen MR) is 89.9 cm³/mol. The average molecular weight is 296 g/mol. The molecule has 1 fully saturated rings. The minimum Gasteiger partial charge on any atom is -0.367 e. The summed E-state index contributed by atoms with van der Waals surface area (Å²) in [6, 6.07) is 11.3. The molecule has 2 heterocycles. The third kappa shape index (κ3) is 4.04. The molecular formula is C18H24N4. The number of aromatic nitrogens is 2. The Morgan fingerprint density at radius 1 is 1.14 bits per heavy atom. The Morgan fingerprint density at radius 3 is 2.68 bits per heavy atom. The molecule has 2 aromatic rings. The van der Waals surface area contributed by atoms with Crippen LogP contribution in [0.2, 0.25) is 0 Å². The first-order chi connectivity index (χ1) is 10.7. The fourth-order valence-corrected chi connectivity index (χ4v) is 3.05. The highest BCUT2D eigenvalue weighted by Crippen LogP contribution is 2.17. The number of anilines is 1. The van der Waals surface area contributed by atoms with Crippen LogP contribution in [0.25, 0.3) is 0 Å². The quantitative estimate of drug-likeness (QED) is 0.941. The van der Waals surface area contributed by atoms with Gasteiger partial charge in [0.25, 0.3) is 0 Å². The van der Waals surface area contributed by atoms with Crippen LogP contribution in [0.3, 0.4) is 0 Å². The lowest BCUT2D eigenvalue weighted by molar-refractivity contribution is 0.211. The summed E-state index contributed by atoms with van der Waals surface area (Å²) in [4.78, 5) is 11.0. The molecule has 1 aliphatic rings. The van der Waals surface area contributed by atoms with Gasteiger partial charge in [-0.05, 0) is 32.3 Å². The van der Waals surface area contributed by atoms with E-state index in [0.29, 0.717) is 6.04 Å². The Hall–Kier alpha value is -1.94. The van der Waals surface area contributed by atoms with Crippen LogP contribution in [0, 0.1) is 13.8 Å². The predicted octanol–water partition coefficient (Wildman–Crippen LogP) is 3.17. The van der Waals surface area contributed by atoms with Crippen molar-refractivity contribution in [2.45, 2.75) is 39.3 Å². The Labute approximate surface area is 132 Å². The van der Waals surface area contributed by atoms with Crippen molar-refractivity contribution in [1.82, 2.24) is 14.9 Å². The van der Waals surface area contributed by atoms with Gasteiger partial charge in [-0.15, -0.1) is 0 Å². The van der Waals surface area contributed by atoms with Gasteiger partial charge in [0.2, 0.25) is 0 Å². The largest absolute Gasteiger partial charge is 0.367 e. The van der Waals surface area contributed by atoms with Crippen LogP contribution >= 0.6 is 0 Å². The van der Waals surface area contributed by atoms with Crippen molar-refractivity contribution < 1.29 is 0 Å². The van der Waals surface area contributed by atoms with Crippen molar-refractivity contribution in [2.24, 2.45) is 0 Å².